The molecule has 0 atom stereocenters. The van der Waals surface area contributed by atoms with Crippen LogP contribution in [0.15, 0.2) is 54.6 Å². The van der Waals surface area contributed by atoms with Crippen molar-refractivity contribution >= 4 is 17.1 Å². The minimum Gasteiger partial charge on any atom is -0.453 e. The molecule has 1 saturated carbocycles. The lowest BCUT2D eigenvalue weighted by Gasteiger charge is -2.35. The summed E-state index contributed by atoms with van der Waals surface area (Å²) in [6.07, 6.45) is 5.58. The highest BCUT2D eigenvalue weighted by atomic mass is 16.5. The molecule has 0 bridgehead atoms. The van der Waals surface area contributed by atoms with Crippen LogP contribution in [0.3, 0.4) is 0 Å². The largest absolute Gasteiger partial charge is 0.453 e. The molecule has 4 heteroatoms. The van der Waals surface area contributed by atoms with Crippen LogP contribution < -0.4 is 9.64 Å². The maximum absolute atomic E-state index is 10.4. The van der Waals surface area contributed by atoms with Gasteiger partial charge in [0, 0.05) is 0 Å². The Kier molecular flexibility index (Phi) is 4.85. The zero-order valence-electron chi connectivity index (χ0n) is 17.6. The third-order valence-electron chi connectivity index (χ3n) is 6.45. The van der Waals surface area contributed by atoms with Crippen LogP contribution in [0.25, 0.3) is 0 Å². The first kappa shape index (κ1) is 19.2. The molecule has 0 unspecified atom stereocenters. The second-order valence-corrected chi connectivity index (χ2v) is 8.31. The summed E-state index contributed by atoms with van der Waals surface area (Å²) in [7, 11) is 0. The van der Waals surface area contributed by atoms with Gasteiger partial charge in [0.2, 0.25) is 0 Å². The lowest BCUT2D eigenvalue weighted by Crippen LogP contribution is -2.19. The summed E-state index contributed by atoms with van der Waals surface area (Å²) in [5, 5.41) is 20.3. The molecular formula is C27H23N3O. The zero-order chi connectivity index (χ0) is 21.4. The van der Waals surface area contributed by atoms with Crippen molar-refractivity contribution in [2.45, 2.75) is 44.9 Å². The molecule has 0 aromatic heterocycles. The Hall–Kier alpha value is -3.76. The van der Waals surface area contributed by atoms with E-state index in [-0.39, 0.29) is 5.92 Å². The van der Waals surface area contributed by atoms with Crippen LogP contribution >= 0.6 is 0 Å². The van der Waals surface area contributed by atoms with Crippen LogP contribution in [0.2, 0.25) is 0 Å². The van der Waals surface area contributed by atoms with Crippen molar-refractivity contribution in [3.05, 3.63) is 76.9 Å². The SMILES string of the molecule is Cc1cc(N2c3ccccc3Oc3ccccc32)c(C#N)c(C2CCCCC2)c1C#N. The molecule has 5 rings (SSSR count). The number of hydrogen-bond donors (Lipinski definition) is 0. The second kappa shape index (κ2) is 7.82. The van der Waals surface area contributed by atoms with E-state index in [0.29, 0.717) is 11.1 Å². The number of hydrogen-bond acceptors (Lipinski definition) is 4. The Balaban J connectivity index is 1.80. The van der Waals surface area contributed by atoms with Crippen molar-refractivity contribution in [1.29, 1.82) is 10.5 Å². The Labute approximate surface area is 182 Å². The summed E-state index contributed by atoms with van der Waals surface area (Å²) in [5.74, 6) is 1.76. The molecule has 0 N–H and O–H groups in total. The predicted octanol–water partition coefficient (Wildman–Crippen LogP) is 7.36. The summed E-state index contributed by atoms with van der Waals surface area (Å²) in [6, 6.07) is 22.7. The van der Waals surface area contributed by atoms with Gasteiger partial charge in [0.15, 0.2) is 11.5 Å². The molecule has 0 spiro atoms. The molecule has 1 fully saturated rings. The van der Waals surface area contributed by atoms with Crippen LogP contribution in [0.1, 0.15) is 60.3 Å². The number of benzene rings is 3. The molecule has 0 amide bonds. The maximum Gasteiger partial charge on any atom is 0.151 e. The Morgan fingerprint density at radius 2 is 1.39 bits per heavy atom. The number of para-hydroxylation sites is 4. The van der Waals surface area contributed by atoms with Crippen molar-refractivity contribution in [3.8, 4) is 23.6 Å². The van der Waals surface area contributed by atoms with E-state index in [1.165, 1.54) is 6.42 Å². The molecule has 1 heterocycles. The topological polar surface area (TPSA) is 60.0 Å². The number of fused-ring (bicyclic) bond motifs is 2. The van der Waals surface area contributed by atoms with Crippen molar-refractivity contribution in [3.63, 3.8) is 0 Å². The van der Waals surface area contributed by atoms with E-state index >= 15 is 0 Å². The highest BCUT2D eigenvalue weighted by Gasteiger charge is 2.31. The highest BCUT2D eigenvalue weighted by Crippen LogP contribution is 2.52. The Bertz CT molecular complexity index is 1200. The van der Waals surface area contributed by atoms with Crippen LogP contribution in [0.4, 0.5) is 17.1 Å². The summed E-state index contributed by atoms with van der Waals surface area (Å²) in [4.78, 5) is 2.12. The van der Waals surface area contributed by atoms with E-state index in [1.807, 2.05) is 61.5 Å². The zero-order valence-corrected chi connectivity index (χ0v) is 17.6. The van der Waals surface area contributed by atoms with Gasteiger partial charge in [-0.15, -0.1) is 0 Å². The number of anilines is 3. The smallest absolute Gasteiger partial charge is 0.151 e. The fraction of sp³-hybridized carbons (Fsp3) is 0.259. The predicted molar refractivity (Wildman–Crippen MR) is 121 cm³/mol. The monoisotopic (exact) mass is 405 g/mol. The van der Waals surface area contributed by atoms with Gasteiger partial charge in [0.05, 0.1) is 34.3 Å². The number of ether oxygens (including phenoxy) is 1. The first-order valence-electron chi connectivity index (χ1n) is 10.9. The van der Waals surface area contributed by atoms with Gasteiger partial charge >= 0.3 is 0 Å². The van der Waals surface area contributed by atoms with Gasteiger partial charge in [-0.25, -0.2) is 0 Å². The molecule has 1 aliphatic carbocycles. The molecular weight excluding hydrogens is 382 g/mol. The molecule has 2 aliphatic rings. The molecule has 3 aromatic carbocycles. The van der Waals surface area contributed by atoms with E-state index in [9.17, 15) is 10.5 Å². The van der Waals surface area contributed by atoms with Crippen LogP contribution in [-0.2, 0) is 0 Å². The molecule has 1 aliphatic heterocycles. The van der Waals surface area contributed by atoms with Gasteiger partial charge in [-0.2, -0.15) is 10.5 Å². The Morgan fingerprint density at radius 3 is 1.97 bits per heavy atom. The third-order valence-corrected chi connectivity index (χ3v) is 6.45. The van der Waals surface area contributed by atoms with Gasteiger partial charge in [0.25, 0.3) is 0 Å². The van der Waals surface area contributed by atoms with Gasteiger partial charge < -0.3 is 9.64 Å². The average Bonchev–Trinajstić information content (AvgIpc) is 2.82. The fourth-order valence-electron chi connectivity index (χ4n) is 5.03. The highest BCUT2D eigenvalue weighted by molar-refractivity contribution is 5.89. The molecule has 152 valence electrons. The van der Waals surface area contributed by atoms with E-state index in [1.54, 1.807) is 0 Å². The molecule has 3 aromatic rings. The standard InChI is InChI=1S/C27H23N3O/c1-18-15-24(21(17-29)27(20(18)16-28)19-9-3-2-4-10-19)30-22-11-5-7-13-25(22)31-26-14-8-6-12-23(26)30/h5-8,11-15,19H,2-4,9-10H2,1H3. The normalized spacial score (nSPS) is 15.3. The molecule has 0 saturated heterocycles. The Morgan fingerprint density at radius 1 is 0.806 bits per heavy atom. The first-order chi connectivity index (χ1) is 15.2. The maximum atomic E-state index is 10.4. The van der Waals surface area contributed by atoms with Crippen LogP contribution in [-0.4, -0.2) is 0 Å². The molecule has 0 radical (unpaired) electrons. The summed E-state index contributed by atoms with van der Waals surface area (Å²) in [6.45, 7) is 1.98. The van der Waals surface area contributed by atoms with E-state index < -0.39 is 0 Å². The lowest BCUT2D eigenvalue weighted by atomic mass is 9.78. The number of rotatable bonds is 2. The van der Waals surface area contributed by atoms with E-state index in [4.69, 9.17) is 4.74 Å². The summed E-state index contributed by atoms with van der Waals surface area (Å²) >= 11 is 0. The van der Waals surface area contributed by atoms with Gasteiger partial charge in [0.1, 0.15) is 6.07 Å². The quantitative estimate of drug-likeness (QED) is 0.349. The van der Waals surface area contributed by atoms with Crippen molar-refractivity contribution in [2.24, 2.45) is 0 Å². The van der Waals surface area contributed by atoms with E-state index in [0.717, 1.165) is 65.4 Å². The summed E-state index contributed by atoms with van der Waals surface area (Å²) < 4.78 is 6.15. The fourth-order valence-corrected chi connectivity index (χ4v) is 5.03. The van der Waals surface area contributed by atoms with Crippen LogP contribution in [0, 0.1) is 29.6 Å². The van der Waals surface area contributed by atoms with Crippen molar-refractivity contribution in [2.75, 3.05) is 4.90 Å². The molecule has 4 nitrogen and oxygen atoms in total. The average molecular weight is 406 g/mol. The number of nitrogens with zero attached hydrogens (tertiary/aromatic N) is 3. The number of nitriles is 2. The van der Waals surface area contributed by atoms with Crippen molar-refractivity contribution in [1.82, 2.24) is 0 Å². The first-order valence-corrected chi connectivity index (χ1v) is 10.9. The minimum absolute atomic E-state index is 0.253. The van der Waals surface area contributed by atoms with E-state index in [2.05, 4.69) is 17.0 Å². The molecule has 31 heavy (non-hydrogen) atoms. The van der Waals surface area contributed by atoms with Gasteiger partial charge in [-0.05, 0) is 67.1 Å². The van der Waals surface area contributed by atoms with Gasteiger partial charge in [-0.3, -0.25) is 0 Å². The van der Waals surface area contributed by atoms with Crippen molar-refractivity contribution < 1.29 is 4.74 Å². The second-order valence-electron chi connectivity index (χ2n) is 8.31. The minimum atomic E-state index is 0.253. The number of aryl methyl sites for hydroxylation is 1. The van der Waals surface area contributed by atoms with Gasteiger partial charge in [-0.1, -0.05) is 43.5 Å². The third kappa shape index (κ3) is 3.13. The van der Waals surface area contributed by atoms with Crippen LogP contribution in [0.5, 0.6) is 11.5 Å². The summed E-state index contributed by atoms with van der Waals surface area (Å²) in [5.41, 5.74) is 5.75. The lowest BCUT2D eigenvalue weighted by molar-refractivity contribution is 0.442.